The lowest BCUT2D eigenvalue weighted by Crippen LogP contribution is -2.39. The number of anilines is 1. The molecule has 0 radical (unpaired) electrons. The molecule has 1 saturated heterocycles. The zero-order chi connectivity index (χ0) is 22.9. The molecule has 1 atom stereocenters. The number of halogens is 2. The Morgan fingerprint density at radius 2 is 2.00 bits per heavy atom. The van der Waals surface area contributed by atoms with Crippen molar-refractivity contribution in [3.63, 3.8) is 0 Å². The highest BCUT2D eigenvalue weighted by atomic mass is 35.5. The third kappa shape index (κ3) is 4.31. The quantitative estimate of drug-likeness (QED) is 0.429. The van der Waals surface area contributed by atoms with Crippen LogP contribution in [-0.2, 0) is 4.74 Å². The first kappa shape index (κ1) is 21.5. The highest BCUT2D eigenvalue weighted by Crippen LogP contribution is 2.32. The van der Waals surface area contributed by atoms with E-state index in [4.69, 9.17) is 31.0 Å². The summed E-state index contributed by atoms with van der Waals surface area (Å²) in [4.78, 5) is 20.3. The van der Waals surface area contributed by atoms with Crippen LogP contribution in [0.5, 0.6) is 5.88 Å². The number of hydrogen-bond acceptors (Lipinski definition) is 7. The summed E-state index contributed by atoms with van der Waals surface area (Å²) in [6.45, 7) is 3.50. The van der Waals surface area contributed by atoms with Crippen molar-refractivity contribution in [2.75, 3.05) is 31.7 Å². The summed E-state index contributed by atoms with van der Waals surface area (Å²) in [5.74, 6) is 0.549. The molecule has 0 bridgehead atoms. The first-order valence-corrected chi connectivity index (χ1v) is 10.9. The molecular weight excluding hydrogens is 445 g/mol. The molecule has 1 aliphatic heterocycles. The van der Waals surface area contributed by atoms with Gasteiger partial charge in [0.15, 0.2) is 5.65 Å². The molecule has 7 nitrogen and oxygen atoms in total. The molecule has 4 aromatic rings. The molecule has 1 aliphatic rings. The van der Waals surface area contributed by atoms with E-state index >= 15 is 0 Å². The van der Waals surface area contributed by atoms with E-state index in [0.717, 1.165) is 11.3 Å². The summed E-state index contributed by atoms with van der Waals surface area (Å²) >= 11 is 5.97. The van der Waals surface area contributed by atoms with Crippen LogP contribution < -0.4 is 9.64 Å². The Morgan fingerprint density at radius 1 is 1.12 bits per heavy atom. The van der Waals surface area contributed by atoms with Crippen LogP contribution in [0.15, 0.2) is 48.7 Å². The Morgan fingerprint density at radius 3 is 2.82 bits per heavy atom. The average Bonchev–Trinajstić information content (AvgIpc) is 2.83. The monoisotopic (exact) mass is 465 g/mol. The van der Waals surface area contributed by atoms with Crippen LogP contribution in [0.3, 0.4) is 0 Å². The number of pyridine rings is 2. The van der Waals surface area contributed by atoms with Gasteiger partial charge in [-0.2, -0.15) is 4.98 Å². The Labute approximate surface area is 195 Å². The van der Waals surface area contributed by atoms with Gasteiger partial charge in [0, 0.05) is 40.5 Å². The normalized spacial score (nSPS) is 16.2. The molecule has 0 saturated carbocycles. The number of ether oxygens (including phenoxy) is 2. The number of rotatable bonds is 4. The third-order valence-electron chi connectivity index (χ3n) is 5.56. The SMILES string of the molecule is COc1cc([C@H]2CN(c3nc(-c4ccc(Cl)cc4F)c4ccc(C)nc4n3)CCO2)ccn1. The topological polar surface area (TPSA) is 73.3 Å². The molecule has 5 rings (SSSR count). The molecule has 33 heavy (non-hydrogen) atoms. The number of fused-ring (bicyclic) bond motifs is 1. The maximum Gasteiger partial charge on any atom is 0.228 e. The number of aryl methyl sites for hydroxylation is 1. The van der Waals surface area contributed by atoms with Crippen LogP contribution in [0.2, 0.25) is 5.02 Å². The smallest absolute Gasteiger partial charge is 0.228 e. The number of nitrogens with zero attached hydrogens (tertiary/aromatic N) is 5. The van der Waals surface area contributed by atoms with Crippen molar-refractivity contribution in [1.82, 2.24) is 19.9 Å². The summed E-state index contributed by atoms with van der Waals surface area (Å²) in [5, 5.41) is 1.00. The highest BCUT2D eigenvalue weighted by molar-refractivity contribution is 6.30. The maximum absolute atomic E-state index is 14.9. The number of benzene rings is 1. The number of methoxy groups -OCH3 is 1. The fourth-order valence-corrected chi connectivity index (χ4v) is 4.05. The van der Waals surface area contributed by atoms with E-state index in [9.17, 15) is 4.39 Å². The van der Waals surface area contributed by atoms with Gasteiger partial charge in [-0.25, -0.2) is 19.3 Å². The summed E-state index contributed by atoms with van der Waals surface area (Å²) in [5.41, 5.74) is 3.11. The lowest BCUT2D eigenvalue weighted by molar-refractivity contribution is 0.0390. The van der Waals surface area contributed by atoms with E-state index in [1.165, 1.54) is 6.07 Å². The van der Waals surface area contributed by atoms with E-state index in [0.29, 0.717) is 58.8 Å². The predicted molar refractivity (Wildman–Crippen MR) is 124 cm³/mol. The Bertz CT molecular complexity index is 1340. The molecule has 1 aromatic carbocycles. The van der Waals surface area contributed by atoms with Crippen molar-refractivity contribution in [3.8, 4) is 17.1 Å². The lowest BCUT2D eigenvalue weighted by Gasteiger charge is -2.33. The van der Waals surface area contributed by atoms with Crippen LogP contribution in [0, 0.1) is 12.7 Å². The first-order chi connectivity index (χ1) is 16.0. The van der Waals surface area contributed by atoms with Gasteiger partial charge in [0.2, 0.25) is 11.8 Å². The summed E-state index contributed by atoms with van der Waals surface area (Å²) in [7, 11) is 1.58. The van der Waals surface area contributed by atoms with E-state index in [2.05, 4.69) is 9.97 Å². The average molecular weight is 466 g/mol. The van der Waals surface area contributed by atoms with Gasteiger partial charge >= 0.3 is 0 Å². The Balaban J connectivity index is 1.57. The second kappa shape index (κ2) is 8.88. The van der Waals surface area contributed by atoms with Crippen LogP contribution in [-0.4, -0.2) is 46.7 Å². The van der Waals surface area contributed by atoms with Crippen molar-refractivity contribution in [1.29, 1.82) is 0 Å². The molecule has 0 amide bonds. The number of aromatic nitrogens is 4. The van der Waals surface area contributed by atoms with Gasteiger partial charge in [0.05, 0.1) is 26.0 Å². The summed E-state index contributed by atoms with van der Waals surface area (Å²) < 4.78 is 26.1. The highest BCUT2D eigenvalue weighted by Gasteiger charge is 2.26. The second-order valence-corrected chi connectivity index (χ2v) is 8.19. The van der Waals surface area contributed by atoms with E-state index < -0.39 is 5.82 Å². The van der Waals surface area contributed by atoms with Crippen LogP contribution in [0.25, 0.3) is 22.3 Å². The molecule has 1 fully saturated rings. The Kier molecular flexibility index (Phi) is 5.78. The van der Waals surface area contributed by atoms with E-state index in [1.807, 2.05) is 36.1 Å². The van der Waals surface area contributed by atoms with Gasteiger partial charge in [-0.1, -0.05) is 11.6 Å². The van der Waals surface area contributed by atoms with E-state index in [-0.39, 0.29) is 6.10 Å². The number of hydrogen-bond donors (Lipinski definition) is 0. The molecule has 9 heteroatoms. The Hall–Kier alpha value is -3.36. The van der Waals surface area contributed by atoms with Crippen molar-refractivity contribution < 1.29 is 13.9 Å². The predicted octanol–water partition coefficient (Wildman–Crippen LogP) is 4.77. The van der Waals surface area contributed by atoms with Gasteiger partial charge in [-0.05, 0) is 48.9 Å². The van der Waals surface area contributed by atoms with Gasteiger partial charge in [0.25, 0.3) is 0 Å². The van der Waals surface area contributed by atoms with Crippen LogP contribution in [0.1, 0.15) is 17.4 Å². The molecule has 168 valence electrons. The zero-order valence-electron chi connectivity index (χ0n) is 18.1. The van der Waals surface area contributed by atoms with Crippen LogP contribution in [0.4, 0.5) is 10.3 Å². The molecular formula is C24H21ClFN5O2. The maximum atomic E-state index is 14.9. The summed E-state index contributed by atoms with van der Waals surface area (Å²) in [6.07, 6.45) is 1.48. The van der Waals surface area contributed by atoms with Crippen molar-refractivity contribution in [3.05, 3.63) is 70.8 Å². The van der Waals surface area contributed by atoms with E-state index in [1.54, 1.807) is 25.4 Å². The van der Waals surface area contributed by atoms with Gasteiger partial charge in [-0.3, -0.25) is 0 Å². The third-order valence-corrected chi connectivity index (χ3v) is 5.80. The summed E-state index contributed by atoms with van der Waals surface area (Å²) in [6, 6.07) is 12.1. The van der Waals surface area contributed by atoms with Crippen molar-refractivity contribution in [2.24, 2.45) is 0 Å². The van der Waals surface area contributed by atoms with Gasteiger partial charge in [0.1, 0.15) is 11.9 Å². The second-order valence-electron chi connectivity index (χ2n) is 7.76. The molecule has 0 unspecified atom stereocenters. The molecule has 4 heterocycles. The fourth-order valence-electron chi connectivity index (χ4n) is 3.89. The number of morpholine rings is 1. The molecule has 0 spiro atoms. The first-order valence-electron chi connectivity index (χ1n) is 10.5. The van der Waals surface area contributed by atoms with Crippen LogP contribution >= 0.6 is 11.6 Å². The minimum Gasteiger partial charge on any atom is -0.481 e. The standard InChI is InChI=1S/C24H21ClFN5O2/c1-14-3-5-18-22(17-6-4-16(25)12-19(17)26)29-24(30-23(18)28-14)31-9-10-33-20(13-31)15-7-8-27-21(11-15)32-2/h3-8,11-12,20H,9-10,13H2,1-2H3/t20-/m1/s1. The van der Waals surface area contributed by atoms with Gasteiger partial charge < -0.3 is 14.4 Å². The zero-order valence-corrected chi connectivity index (χ0v) is 18.9. The molecule has 0 aliphatic carbocycles. The lowest BCUT2D eigenvalue weighted by atomic mass is 10.1. The molecule has 0 N–H and O–H groups in total. The minimum absolute atomic E-state index is 0.212. The van der Waals surface area contributed by atoms with Gasteiger partial charge in [-0.15, -0.1) is 0 Å². The minimum atomic E-state index is -0.447. The largest absolute Gasteiger partial charge is 0.481 e. The molecule has 3 aromatic heterocycles. The van der Waals surface area contributed by atoms with Crippen molar-refractivity contribution in [2.45, 2.75) is 13.0 Å². The van der Waals surface area contributed by atoms with Crippen molar-refractivity contribution >= 4 is 28.6 Å². The fraction of sp³-hybridized carbons (Fsp3) is 0.250.